The van der Waals surface area contributed by atoms with Gasteiger partial charge in [-0.2, -0.15) is 0 Å². The van der Waals surface area contributed by atoms with Crippen molar-refractivity contribution in [2.75, 3.05) is 18.8 Å². The number of hydrogen-bond donors (Lipinski definition) is 0. The highest BCUT2D eigenvalue weighted by molar-refractivity contribution is 7.99. The minimum Gasteiger partial charge on any atom is -0.342 e. The largest absolute Gasteiger partial charge is 0.342 e. The number of nitrogens with zero attached hydrogens (tertiary/aromatic N) is 4. The van der Waals surface area contributed by atoms with Gasteiger partial charge in [0.1, 0.15) is 5.82 Å². The van der Waals surface area contributed by atoms with E-state index in [0.29, 0.717) is 12.2 Å². The first-order valence-corrected chi connectivity index (χ1v) is 10.6. The Hall–Kier alpha value is -2.60. The Balaban J connectivity index is 1.60. The second-order valence-corrected chi connectivity index (χ2v) is 8.05. The predicted molar refractivity (Wildman–Crippen MR) is 112 cm³/mol. The first kappa shape index (κ1) is 18.7. The van der Waals surface area contributed by atoms with Gasteiger partial charge in [0.25, 0.3) is 0 Å². The Kier molecular flexibility index (Phi) is 5.76. The number of likely N-dealkylation sites (tertiary alicyclic amines) is 1. The molecule has 2 aromatic carbocycles. The van der Waals surface area contributed by atoms with E-state index in [0.717, 1.165) is 42.6 Å². The number of amides is 1. The minimum atomic E-state index is 0.186. The molecule has 28 heavy (non-hydrogen) atoms. The lowest BCUT2D eigenvalue weighted by molar-refractivity contribution is -0.127. The summed E-state index contributed by atoms with van der Waals surface area (Å²) < 4.78 is 2.08. The number of hydrogen-bond acceptors (Lipinski definition) is 4. The summed E-state index contributed by atoms with van der Waals surface area (Å²) in [6.07, 6.45) is 2.91. The summed E-state index contributed by atoms with van der Waals surface area (Å²) in [5.41, 5.74) is 3.42. The molecule has 0 N–H and O–H groups in total. The maximum Gasteiger partial charge on any atom is 0.233 e. The van der Waals surface area contributed by atoms with E-state index in [9.17, 15) is 4.79 Å². The van der Waals surface area contributed by atoms with Gasteiger partial charge in [0.2, 0.25) is 5.91 Å². The van der Waals surface area contributed by atoms with E-state index in [-0.39, 0.29) is 5.91 Å². The van der Waals surface area contributed by atoms with Crippen LogP contribution in [0.4, 0.5) is 0 Å². The van der Waals surface area contributed by atoms with Crippen molar-refractivity contribution < 1.29 is 4.79 Å². The van der Waals surface area contributed by atoms with Gasteiger partial charge in [-0.15, -0.1) is 10.2 Å². The van der Waals surface area contributed by atoms with Crippen LogP contribution in [0.25, 0.3) is 5.69 Å². The third-order valence-electron chi connectivity index (χ3n) is 4.98. The lowest BCUT2D eigenvalue weighted by Crippen LogP contribution is -2.29. The third-order valence-corrected chi connectivity index (χ3v) is 5.89. The summed E-state index contributed by atoms with van der Waals surface area (Å²) >= 11 is 1.47. The zero-order valence-electron chi connectivity index (χ0n) is 16.0. The molecule has 144 valence electrons. The van der Waals surface area contributed by atoms with Crippen LogP contribution in [0.5, 0.6) is 0 Å². The van der Waals surface area contributed by atoms with Crippen molar-refractivity contribution >= 4 is 17.7 Å². The molecule has 0 saturated carbocycles. The summed E-state index contributed by atoms with van der Waals surface area (Å²) in [7, 11) is 0. The zero-order valence-corrected chi connectivity index (χ0v) is 16.9. The molecule has 1 saturated heterocycles. The van der Waals surface area contributed by atoms with Crippen molar-refractivity contribution in [3.8, 4) is 5.69 Å². The van der Waals surface area contributed by atoms with Gasteiger partial charge in [0.15, 0.2) is 5.16 Å². The van der Waals surface area contributed by atoms with Gasteiger partial charge in [0.05, 0.1) is 5.75 Å². The molecular formula is C22H24N4OS. The SMILES string of the molecule is Cc1ccc(-n2c(Cc3ccccc3)nnc2SCC(=O)N2CCCC2)cc1. The van der Waals surface area contributed by atoms with Gasteiger partial charge < -0.3 is 4.90 Å². The quantitative estimate of drug-likeness (QED) is 0.598. The summed E-state index contributed by atoms with van der Waals surface area (Å²) in [6, 6.07) is 18.6. The van der Waals surface area contributed by atoms with Gasteiger partial charge in [-0.1, -0.05) is 59.8 Å². The van der Waals surface area contributed by atoms with Crippen molar-refractivity contribution in [3.63, 3.8) is 0 Å². The average Bonchev–Trinajstić information content (AvgIpc) is 3.38. The fraction of sp³-hybridized carbons (Fsp3) is 0.318. The highest BCUT2D eigenvalue weighted by Gasteiger charge is 2.20. The number of thioether (sulfide) groups is 1. The monoisotopic (exact) mass is 392 g/mol. The van der Waals surface area contributed by atoms with Crippen LogP contribution in [0.3, 0.4) is 0 Å². The van der Waals surface area contributed by atoms with Gasteiger partial charge in [-0.05, 0) is 37.5 Å². The van der Waals surface area contributed by atoms with Gasteiger partial charge in [-0.25, -0.2) is 0 Å². The predicted octanol–water partition coefficient (Wildman–Crippen LogP) is 3.88. The molecule has 1 aliphatic heterocycles. The van der Waals surface area contributed by atoms with Crippen molar-refractivity contribution in [2.45, 2.75) is 31.3 Å². The Morgan fingerprint density at radius 2 is 1.71 bits per heavy atom. The van der Waals surface area contributed by atoms with Crippen molar-refractivity contribution in [2.24, 2.45) is 0 Å². The van der Waals surface area contributed by atoms with Crippen molar-refractivity contribution in [1.29, 1.82) is 0 Å². The molecule has 5 nitrogen and oxygen atoms in total. The van der Waals surface area contributed by atoms with E-state index in [1.165, 1.54) is 22.9 Å². The summed E-state index contributed by atoms with van der Waals surface area (Å²) in [6.45, 7) is 3.83. The van der Waals surface area contributed by atoms with E-state index in [1.54, 1.807) is 0 Å². The Morgan fingerprint density at radius 3 is 2.43 bits per heavy atom. The summed E-state index contributed by atoms with van der Waals surface area (Å²) in [5.74, 6) is 1.46. The number of aryl methyl sites for hydroxylation is 1. The van der Waals surface area contributed by atoms with E-state index >= 15 is 0 Å². The molecule has 1 aromatic heterocycles. The molecule has 0 radical (unpaired) electrons. The van der Waals surface area contributed by atoms with Crippen LogP contribution in [-0.2, 0) is 11.2 Å². The highest BCUT2D eigenvalue weighted by Crippen LogP contribution is 2.24. The highest BCUT2D eigenvalue weighted by atomic mass is 32.2. The van der Waals surface area contributed by atoms with Crippen LogP contribution in [0.15, 0.2) is 59.8 Å². The molecule has 1 fully saturated rings. The van der Waals surface area contributed by atoms with E-state index in [1.807, 2.05) is 23.1 Å². The van der Waals surface area contributed by atoms with Crippen LogP contribution >= 0.6 is 11.8 Å². The number of carbonyl (C=O) groups is 1. The van der Waals surface area contributed by atoms with E-state index in [4.69, 9.17) is 0 Å². The molecular weight excluding hydrogens is 368 g/mol. The normalized spacial score (nSPS) is 13.8. The summed E-state index contributed by atoms with van der Waals surface area (Å²) in [5, 5.41) is 9.63. The number of carbonyl (C=O) groups excluding carboxylic acids is 1. The number of rotatable bonds is 6. The maximum absolute atomic E-state index is 12.5. The average molecular weight is 393 g/mol. The molecule has 1 aliphatic rings. The molecule has 3 aromatic rings. The van der Waals surface area contributed by atoms with Gasteiger partial charge in [-0.3, -0.25) is 9.36 Å². The fourth-order valence-electron chi connectivity index (χ4n) is 3.42. The van der Waals surface area contributed by atoms with E-state index in [2.05, 4.69) is 58.1 Å². The molecule has 0 unspecified atom stereocenters. The fourth-order valence-corrected chi connectivity index (χ4v) is 4.30. The number of benzene rings is 2. The van der Waals surface area contributed by atoms with Crippen molar-refractivity contribution in [1.82, 2.24) is 19.7 Å². The third kappa shape index (κ3) is 4.28. The first-order chi connectivity index (χ1) is 13.7. The molecule has 0 spiro atoms. The van der Waals surface area contributed by atoms with Crippen LogP contribution in [-0.4, -0.2) is 44.4 Å². The van der Waals surface area contributed by atoms with E-state index < -0.39 is 0 Å². The standard InChI is InChI=1S/C22H24N4OS/c1-17-9-11-19(12-10-17)26-20(15-18-7-3-2-4-8-18)23-24-22(26)28-16-21(27)25-13-5-6-14-25/h2-4,7-12H,5-6,13-16H2,1H3. The van der Waals surface area contributed by atoms with Crippen LogP contribution in [0.1, 0.15) is 29.8 Å². The van der Waals surface area contributed by atoms with Crippen LogP contribution in [0, 0.1) is 6.92 Å². The topological polar surface area (TPSA) is 51.0 Å². The Morgan fingerprint density at radius 1 is 1.00 bits per heavy atom. The second-order valence-electron chi connectivity index (χ2n) is 7.11. The second kappa shape index (κ2) is 8.61. The molecule has 0 atom stereocenters. The summed E-state index contributed by atoms with van der Waals surface area (Å²) in [4.78, 5) is 14.4. The van der Waals surface area contributed by atoms with Crippen LogP contribution < -0.4 is 0 Å². The Bertz CT molecular complexity index is 931. The molecule has 1 amide bonds. The zero-order chi connectivity index (χ0) is 19.3. The molecule has 0 bridgehead atoms. The lowest BCUT2D eigenvalue weighted by atomic mass is 10.1. The number of aromatic nitrogens is 3. The maximum atomic E-state index is 12.5. The molecule has 0 aliphatic carbocycles. The van der Waals surface area contributed by atoms with Crippen LogP contribution in [0.2, 0.25) is 0 Å². The van der Waals surface area contributed by atoms with Crippen molar-refractivity contribution in [3.05, 3.63) is 71.5 Å². The molecule has 4 rings (SSSR count). The molecule has 6 heteroatoms. The van der Waals surface area contributed by atoms with Gasteiger partial charge >= 0.3 is 0 Å². The first-order valence-electron chi connectivity index (χ1n) is 9.66. The van der Waals surface area contributed by atoms with Gasteiger partial charge in [0, 0.05) is 25.2 Å². The lowest BCUT2D eigenvalue weighted by Gasteiger charge is -2.15. The minimum absolute atomic E-state index is 0.186. The molecule has 2 heterocycles. The smallest absolute Gasteiger partial charge is 0.233 e. The Labute approximate surface area is 169 Å².